The Labute approximate surface area is 120 Å². The summed E-state index contributed by atoms with van der Waals surface area (Å²) in [5.74, 6) is 0. The van der Waals surface area contributed by atoms with Crippen LogP contribution in [0.15, 0.2) is 29.2 Å². The van der Waals surface area contributed by atoms with Crippen LogP contribution < -0.4 is 5.32 Å². The molecule has 0 aliphatic heterocycles. The molecule has 0 aliphatic carbocycles. The molecule has 1 aromatic rings. The van der Waals surface area contributed by atoms with Gasteiger partial charge in [-0.3, -0.25) is 0 Å². The van der Waals surface area contributed by atoms with Gasteiger partial charge in [-0.05, 0) is 44.0 Å². The van der Waals surface area contributed by atoms with Crippen molar-refractivity contribution < 1.29 is 8.42 Å². The summed E-state index contributed by atoms with van der Waals surface area (Å²) in [6.07, 6.45) is 1.95. The zero-order valence-corrected chi connectivity index (χ0v) is 13.1. The van der Waals surface area contributed by atoms with Crippen LogP contribution in [0.4, 0.5) is 5.69 Å². The number of anilines is 1. The van der Waals surface area contributed by atoms with Gasteiger partial charge in [-0.1, -0.05) is 0 Å². The first-order valence-corrected chi connectivity index (χ1v) is 8.12. The fraction of sp³-hybridized carbons (Fsp3) is 0.538. The molecule has 108 valence electrons. The Hall–Kier alpha value is -0.780. The lowest BCUT2D eigenvalue weighted by Gasteiger charge is -2.12. The van der Waals surface area contributed by atoms with Crippen LogP contribution in [0.1, 0.15) is 19.8 Å². The second-order valence-electron chi connectivity index (χ2n) is 4.66. The van der Waals surface area contributed by atoms with Crippen LogP contribution in [0.3, 0.4) is 0 Å². The van der Waals surface area contributed by atoms with E-state index in [2.05, 4.69) is 5.32 Å². The Morgan fingerprint density at radius 3 is 2.32 bits per heavy atom. The highest BCUT2D eigenvalue weighted by atomic mass is 35.5. The third kappa shape index (κ3) is 5.01. The quantitative estimate of drug-likeness (QED) is 0.622. The molecule has 0 radical (unpaired) electrons. The van der Waals surface area contributed by atoms with E-state index >= 15 is 0 Å². The summed E-state index contributed by atoms with van der Waals surface area (Å²) in [7, 11) is -0.297. The standard InChI is InChI=1S/C13H21ClN2O2S/c1-11(14)5-4-10-15-12-6-8-13(9-7-12)19(17,18)16(2)3/h6-9,11,15H,4-5,10H2,1-3H3. The minimum Gasteiger partial charge on any atom is -0.385 e. The normalized spacial score (nSPS) is 13.5. The highest BCUT2D eigenvalue weighted by molar-refractivity contribution is 7.89. The van der Waals surface area contributed by atoms with Crippen LogP contribution in [0.2, 0.25) is 0 Å². The average molecular weight is 305 g/mol. The van der Waals surface area contributed by atoms with Gasteiger partial charge in [-0.15, -0.1) is 11.6 Å². The van der Waals surface area contributed by atoms with Crippen molar-refractivity contribution in [3.8, 4) is 0 Å². The van der Waals surface area contributed by atoms with Gasteiger partial charge in [0.2, 0.25) is 10.0 Å². The monoisotopic (exact) mass is 304 g/mol. The predicted molar refractivity (Wildman–Crippen MR) is 80.4 cm³/mol. The van der Waals surface area contributed by atoms with Gasteiger partial charge in [0, 0.05) is 31.7 Å². The van der Waals surface area contributed by atoms with Gasteiger partial charge in [0.15, 0.2) is 0 Å². The molecule has 1 atom stereocenters. The number of halogens is 1. The average Bonchev–Trinajstić information content (AvgIpc) is 2.35. The molecule has 1 unspecified atom stereocenters. The first kappa shape index (κ1) is 16.3. The fourth-order valence-electron chi connectivity index (χ4n) is 1.57. The Morgan fingerprint density at radius 1 is 1.26 bits per heavy atom. The highest BCUT2D eigenvalue weighted by Crippen LogP contribution is 2.16. The number of rotatable bonds is 7. The molecule has 0 fully saturated rings. The van der Waals surface area contributed by atoms with E-state index in [0.717, 1.165) is 25.1 Å². The second kappa shape index (κ2) is 7.12. The first-order valence-electron chi connectivity index (χ1n) is 6.24. The molecule has 0 saturated carbocycles. The van der Waals surface area contributed by atoms with Gasteiger partial charge in [0.1, 0.15) is 0 Å². The lowest BCUT2D eigenvalue weighted by Crippen LogP contribution is -2.22. The minimum absolute atomic E-state index is 0.189. The maximum absolute atomic E-state index is 11.9. The van der Waals surface area contributed by atoms with Crippen molar-refractivity contribution in [2.75, 3.05) is 26.0 Å². The van der Waals surface area contributed by atoms with Crippen LogP contribution >= 0.6 is 11.6 Å². The summed E-state index contributed by atoms with van der Waals surface area (Å²) in [4.78, 5) is 0.303. The van der Waals surface area contributed by atoms with Crippen LogP contribution in [-0.2, 0) is 10.0 Å². The largest absolute Gasteiger partial charge is 0.385 e. The summed E-state index contributed by atoms with van der Waals surface area (Å²) in [5.41, 5.74) is 0.917. The van der Waals surface area contributed by atoms with Crippen LogP contribution in [0.25, 0.3) is 0 Å². The molecule has 0 spiro atoms. The number of hydrogen-bond donors (Lipinski definition) is 1. The Bertz CT molecular complexity index is 484. The van der Waals surface area contributed by atoms with E-state index in [4.69, 9.17) is 11.6 Å². The summed E-state index contributed by atoms with van der Waals surface area (Å²) in [6.45, 7) is 2.80. The lowest BCUT2D eigenvalue weighted by atomic mass is 10.2. The molecule has 19 heavy (non-hydrogen) atoms. The van der Waals surface area contributed by atoms with Crippen molar-refractivity contribution in [1.82, 2.24) is 4.31 Å². The lowest BCUT2D eigenvalue weighted by molar-refractivity contribution is 0.521. The maximum Gasteiger partial charge on any atom is 0.242 e. The first-order chi connectivity index (χ1) is 8.84. The fourth-order valence-corrected chi connectivity index (χ4v) is 2.63. The number of benzene rings is 1. The van der Waals surface area contributed by atoms with Gasteiger partial charge in [0.25, 0.3) is 0 Å². The highest BCUT2D eigenvalue weighted by Gasteiger charge is 2.16. The van der Waals surface area contributed by atoms with E-state index in [1.54, 1.807) is 24.3 Å². The number of hydrogen-bond acceptors (Lipinski definition) is 3. The van der Waals surface area contributed by atoms with E-state index in [9.17, 15) is 8.42 Å². The number of sulfonamides is 1. The summed E-state index contributed by atoms with van der Waals surface area (Å²) in [6, 6.07) is 6.78. The third-order valence-electron chi connectivity index (χ3n) is 2.74. The molecule has 0 saturated heterocycles. The SMILES string of the molecule is CC(Cl)CCCNc1ccc(S(=O)(=O)N(C)C)cc1. The molecular weight excluding hydrogens is 284 g/mol. The van der Waals surface area contributed by atoms with Crippen molar-refractivity contribution in [3.63, 3.8) is 0 Å². The van der Waals surface area contributed by atoms with Crippen molar-refractivity contribution >= 4 is 27.3 Å². The van der Waals surface area contributed by atoms with Crippen molar-refractivity contribution in [3.05, 3.63) is 24.3 Å². The molecule has 0 heterocycles. The number of nitrogens with one attached hydrogen (secondary N) is 1. The molecule has 0 aromatic heterocycles. The predicted octanol–water partition coefficient (Wildman–Crippen LogP) is 2.76. The van der Waals surface area contributed by atoms with E-state index in [-0.39, 0.29) is 5.38 Å². The minimum atomic E-state index is -3.34. The van der Waals surface area contributed by atoms with Gasteiger partial charge in [0.05, 0.1) is 4.90 Å². The molecule has 4 nitrogen and oxygen atoms in total. The van der Waals surface area contributed by atoms with E-state index in [1.165, 1.54) is 18.4 Å². The Kier molecular flexibility index (Phi) is 6.10. The Morgan fingerprint density at radius 2 is 1.84 bits per heavy atom. The van der Waals surface area contributed by atoms with Gasteiger partial charge in [-0.25, -0.2) is 12.7 Å². The summed E-state index contributed by atoms with van der Waals surface area (Å²) in [5, 5.41) is 3.43. The van der Waals surface area contributed by atoms with Crippen molar-refractivity contribution in [2.24, 2.45) is 0 Å². The molecule has 1 N–H and O–H groups in total. The van der Waals surface area contributed by atoms with E-state index < -0.39 is 10.0 Å². The van der Waals surface area contributed by atoms with Crippen molar-refractivity contribution in [1.29, 1.82) is 0 Å². The van der Waals surface area contributed by atoms with Crippen LogP contribution in [0, 0.1) is 0 Å². The van der Waals surface area contributed by atoms with E-state index in [0.29, 0.717) is 4.90 Å². The van der Waals surface area contributed by atoms with Crippen LogP contribution in [-0.4, -0.2) is 38.7 Å². The topological polar surface area (TPSA) is 49.4 Å². The molecule has 6 heteroatoms. The molecule has 0 bridgehead atoms. The van der Waals surface area contributed by atoms with Gasteiger partial charge >= 0.3 is 0 Å². The molecule has 0 amide bonds. The summed E-state index contributed by atoms with van der Waals surface area (Å²) < 4.78 is 24.9. The van der Waals surface area contributed by atoms with Crippen molar-refractivity contribution in [2.45, 2.75) is 30.0 Å². The Balaban J connectivity index is 2.58. The van der Waals surface area contributed by atoms with Gasteiger partial charge in [-0.2, -0.15) is 0 Å². The van der Waals surface area contributed by atoms with E-state index in [1.807, 2.05) is 6.92 Å². The molecule has 0 aliphatic rings. The van der Waals surface area contributed by atoms with Crippen LogP contribution in [0.5, 0.6) is 0 Å². The smallest absolute Gasteiger partial charge is 0.242 e. The zero-order chi connectivity index (χ0) is 14.5. The molecule has 1 rings (SSSR count). The molecule has 1 aromatic carbocycles. The van der Waals surface area contributed by atoms with Gasteiger partial charge < -0.3 is 5.32 Å². The number of alkyl halides is 1. The maximum atomic E-state index is 11.9. The number of nitrogens with zero attached hydrogens (tertiary/aromatic N) is 1. The third-order valence-corrected chi connectivity index (χ3v) is 4.79. The summed E-state index contributed by atoms with van der Waals surface area (Å²) >= 11 is 5.86. The second-order valence-corrected chi connectivity index (χ2v) is 7.56. The zero-order valence-electron chi connectivity index (χ0n) is 11.6. The molecular formula is C13H21ClN2O2S.